The van der Waals surface area contributed by atoms with E-state index in [2.05, 4.69) is 22.9 Å². The zero-order valence-corrected chi connectivity index (χ0v) is 19.0. The molecule has 0 radical (unpaired) electrons. The first-order valence-electron chi connectivity index (χ1n) is 11.8. The molecule has 1 N–H and O–H groups in total. The van der Waals surface area contributed by atoms with Crippen LogP contribution in [0.3, 0.4) is 0 Å². The normalized spacial score (nSPS) is 19.7. The third-order valence-electron chi connectivity index (χ3n) is 6.70. The molecule has 1 unspecified atom stereocenters. The monoisotopic (exact) mass is 428 g/mol. The quantitative estimate of drug-likeness (QED) is 0.584. The van der Waals surface area contributed by atoms with Crippen molar-refractivity contribution in [3.63, 3.8) is 0 Å². The first-order chi connectivity index (χ1) is 15.2. The molecular formula is C25H36N2O4. The van der Waals surface area contributed by atoms with Crippen LogP contribution in [0.25, 0.3) is 10.9 Å². The molecule has 1 aromatic carbocycles. The van der Waals surface area contributed by atoms with Crippen LogP contribution in [0.5, 0.6) is 5.75 Å². The highest BCUT2D eigenvalue weighted by molar-refractivity contribution is 6.08. The van der Waals surface area contributed by atoms with Crippen LogP contribution in [0, 0.1) is 6.92 Å². The van der Waals surface area contributed by atoms with Gasteiger partial charge in [-0.2, -0.15) is 0 Å². The highest BCUT2D eigenvalue weighted by Crippen LogP contribution is 2.37. The fourth-order valence-electron chi connectivity index (χ4n) is 5.10. The molecule has 1 saturated heterocycles. The molecule has 31 heavy (non-hydrogen) atoms. The number of carbonyl (C=O) groups is 1. The molecule has 170 valence electrons. The topological polar surface area (TPSA) is 61.7 Å². The number of carbonyl (C=O) groups excluding carboxylic acids is 1. The molecule has 1 aliphatic carbocycles. The fourth-order valence-corrected chi connectivity index (χ4v) is 5.10. The molecule has 4 rings (SSSR count). The first kappa shape index (κ1) is 22.2. The van der Waals surface area contributed by atoms with Gasteiger partial charge >= 0.3 is 0 Å². The molecule has 1 atom stereocenters. The largest absolute Gasteiger partial charge is 0.497 e. The Kier molecular flexibility index (Phi) is 7.51. The first-order valence-corrected chi connectivity index (χ1v) is 11.8. The number of nitrogens with zero attached hydrogens (tertiary/aromatic N) is 1. The average Bonchev–Trinajstić information content (AvgIpc) is 3.41. The van der Waals surface area contributed by atoms with E-state index in [1.54, 1.807) is 7.11 Å². The molecule has 1 amide bonds. The van der Waals surface area contributed by atoms with E-state index in [9.17, 15) is 4.79 Å². The molecule has 1 saturated carbocycles. The third-order valence-corrected chi connectivity index (χ3v) is 6.70. The summed E-state index contributed by atoms with van der Waals surface area (Å²) >= 11 is 0. The summed E-state index contributed by atoms with van der Waals surface area (Å²) in [6.07, 6.45) is 9.44. The van der Waals surface area contributed by atoms with E-state index in [0.717, 1.165) is 53.8 Å². The van der Waals surface area contributed by atoms with Crippen LogP contribution in [0.1, 0.15) is 73.5 Å². The number of aromatic nitrogens is 1. The lowest BCUT2D eigenvalue weighted by atomic mass is 9.95. The minimum absolute atomic E-state index is 0.00978. The Hall–Kier alpha value is -2.05. The van der Waals surface area contributed by atoms with Crippen LogP contribution in [0.15, 0.2) is 18.2 Å². The van der Waals surface area contributed by atoms with Crippen molar-refractivity contribution in [1.29, 1.82) is 0 Å². The number of nitrogens with one attached hydrogen (secondary N) is 1. The summed E-state index contributed by atoms with van der Waals surface area (Å²) < 4.78 is 19.1. The standard InChI is InChI=1S/C25H36N2O4/c1-18-24(25(28)26-13-7-14-30-17-21-10-6-15-31-21)22-16-20(29-2)11-12-23(22)27(18)19-8-4-3-5-9-19/h11-12,16,19,21H,3-10,13-15,17H2,1-2H3,(H,26,28). The van der Waals surface area contributed by atoms with Gasteiger partial charge in [0.2, 0.25) is 0 Å². The maximum absolute atomic E-state index is 13.2. The van der Waals surface area contributed by atoms with Gasteiger partial charge < -0.3 is 24.1 Å². The van der Waals surface area contributed by atoms with Gasteiger partial charge in [-0.15, -0.1) is 0 Å². The number of hydrogen-bond donors (Lipinski definition) is 1. The lowest BCUT2D eigenvalue weighted by Crippen LogP contribution is -2.26. The molecule has 2 heterocycles. The summed E-state index contributed by atoms with van der Waals surface area (Å²) in [5.74, 6) is 0.773. The van der Waals surface area contributed by atoms with Crippen LogP contribution in [0.2, 0.25) is 0 Å². The van der Waals surface area contributed by atoms with Crippen molar-refractivity contribution in [2.75, 3.05) is 33.5 Å². The van der Waals surface area contributed by atoms with Crippen molar-refractivity contribution in [3.8, 4) is 5.75 Å². The molecule has 0 bridgehead atoms. The van der Waals surface area contributed by atoms with Crippen LogP contribution in [-0.2, 0) is 9.47 Å². The van der Waals surface area contributed by atoms with Gasteiger partial charge in [-0.05, 0) is 57.2 Å². The van der Waals surface area contributed by atoms with Gasteiger partial charge in [0.15, 0.2) is 0 Å². The summed E-state index contributed by atoms with van der Waals surface area (Å²) in [7, 11) is 1.67. The van der Waals surface area contributed by atoms with E-state index in [1.165, 1.54) is 32.1 Å². The van der Waals surface area contributed by atoms with Gasteiger partial charge in [-0.3, -0.25) is 4.79 Å². The predicted molar refractivity (Wildman–Crippen MR) is 122 cm³/mol. The number of hydrogen-bond acceptors (Lipinski definition) is 4. The summed E-state index contributed by atoms with van der Waals surface area (Å²) in [6, 6.07) is 6.57. The smallest absolute Gasteiger partial charge is 0.253 e. The van der Waals surface area contributed by atoms with Crippen molar-refractivity contribution >= 4 is 16.8 Å². The molecule has 1 aliphatic heterocycles. The molecule has 2 aliphatic rings. The number of fused-ring (bicyclic) bond motifs is 1. The van der Waals surface area contributed by atoms with Crippen molar-refractivity contribution in [2.24, 2.45) is 0 Å². The number of amides is 1. The minimum Gasteiger partial charge on any atom is -0.497 e. The summed E-state index contributed by atoms with van der Waals surface area (Å²) in [6.45, 7) is 4.83. The Balaban J connectivity index is 1.43. The Labute approximate surface area is 185 Å². The second-order valence-electron chi connectivity index (χ2n) is 8.82. The average molecular weight is 429 g/mol. The van der Waals surface area contributed by atoms with Crippen molar-refractivity contribution in [1.82, 2.24) is 9.88 Å². The van der Waals surface area contributed by atoms with Gasteiger partial charge in [0.1, 0.15) is 5.75 Å². The van der Waals surface area contributed by atoms with Crippen molar-refractivity contribution in [2.45, 2.75) is 70.4 Å². The second-order valence-corrected chi connectivity index (χ2v) is 8.82. The number of methoxy groups -OCH3 is 1. The zero-order valence-electron chi connectivity index (χ0n) is 19.0. The summed E-state index contributed by atoms with van der Waals surface area (Å²) in [5.41, 5.74) is 2.97. The highest BCUT2D eigenvalue weighted by atomic mass is 16.5. The second kappa shape index (κ2) is 10.5. The molecule has 6 heteroatoms. The minimum atomic E-state index is -0.00978. The van der Waals surface area contributed by atoms with Crippen molar-refractivity contribution < 1.29 is 19.0 Å². The van der Waals surface area contributed by atoms with E-state index in [4.69, 9.17) is 14.2 Å². The van der Waals surface area contributed by atoms with E-state index < -0.39 is 0 Å². The molecule has 6 nitrogen and oxygen atoms in total. The van der Waals surface area contributed by atoms with E-state index in [1.807, 2.05) is 12.1 Å². The SMILES string of the molecule is COc1ccc2c(c1)c(C(=O)NCCCOCC1CCCO1)c(C)n2C1CCCCC1. The van der Waals surface area contributed by atoms with Gasteiger partial charge in [-0.1, -0.05) is 19.3 Å². The van der Waals surface area contributed by atoms with Gasteiger partial charge in [-0.25, -0.2) is 0 Å². The number of benzene rings is 1. The molecular weight excluding hydrogens is 392 g/mol. The zero-order chi connectivity index (χ0) is 21.6. The van der Waals surface area contributed by atoms with Crippen LogP contribution in [-0.4, -0.2) is 50.1 Å². The van der Waals surface area contributed by atoms with Crippen molar-refractivity contribution in [3.05, 3.63) is 29.5 Å². The van der Waals surface area contributed by atoms with E-state index in [-0.39, 0.29) is 12.0 Å². The lowest BCUT2D eigenvalue weighted by Gasteiger charge is -2.26. The van der Waals surface area contributed by atoms with Crippen LogP contribution >= 0.6 is 0 Å². The Bertz CT molecular complexity index is 879. The summed E-state index contributed by atoms with van der Waals surface area (Å²) in [4.78, 5) is 13.2. The number of ether oxygens (including phenoxy) is 3. The van der Waals surface area contributed by atoms with Crippen LogP contribution < -0.4 is 10.1 Å². The Morgan fingerprint density at radius 2 is 2.03 bits per heavy atom. The summed E-state index contributed by atoms with van der Waals surface area (Å²) in [5, 5.41) is 4.09. The maximum atomic E-state index is 13.2. The molecule has 2 fully saturated rings. The Morgan fingerprint density at radius 3 is 2.77 bits per heavy atom. The number of rotatable bonds is 9. The third kappa shape index (κ3) is 5.07. The molecule has 2 aromatic rings. The maximum Gasteiger partial charge on any atom is 0.253 e. The highest BCUT2D eigenvalue weighted by Gasteiger charge is 2.25. The van der Waals surface area contributed by atoms with Gasteiger partial charge in [0.25, 0.3) is 5.91 Å². The Morgan fingerprint density at radius 1 is 1.19 bits per heavy atom. The molecule has 0 spiro atoms. The van der Waals surface area contributed by atoms with Gasteiger partial charge in [0, 0.05) is 42.4 Å². The molecule has 1 aromatic heterocycles. The van der Waals surface area contributed by atoms with Crippen LogP contribution in [0.4, 0.5) is 0 Å². The van der Waals surface area contributed by atoms with E-state index in [0.29, 0.717) is 25.8 Å². The predicted octanol–water partition coefficient (Wildman–Crippen LogP) is 4.78. The van der Waals surface area contributed by atoms with Gasteiger partial charge in [0.05, 0.1) is 25.4 Å². The lowest BCUT2D eigenvalue weighted by molar-refractivity contribution is 0.0166. The fraction of sp³-hybridized carbons (Fsp3) is 0.640. The van der Waals surface area contributed by atoms with E-state index >= 15 is 0 Å².